The number of aromatic amines is 1. The SMILES string of the molecule is O=C(Nc1cccc(-c2[nH]nc3ncnc(Nc4cccc(Cl)c4)c23)c1)OCc1ccccc1. The average molecular weight is 471 g/mol. The van der Waals surface area contributed by atoms with E-state index < -0.39 is 6.09 Å². The zero-order chi connectivity index (χ0) is 23.3. The zero-order valence-electron chi connectivity index (χ0n) is 17.8. The van der Waals surface area contributed by atoms with Crippen molar-refractivity contribution in [2.75, 3.05) is 10.6 Å². The van der Waals surface area contributed by atoms with E-state index in [9.17, 15) is 4.79 Å². The summed E-state index contributed by atoms with van der Waals surface area (Å²) >= 11 is 6.12. The first-order valence-electron chi connectivity index (χ1n) is 10.5. The second-order valence-electron chi connectivity index (χ2n) is 7.42. The third kappa shape index (κ3) is 4.82. The van der Waals surface area contributed by atoms with Gasteiger partial charge in [-0.25, -0.2) is 14.8 Å². The molecule has 5 rings (SSSR count). The first-order valence-corrected chi connectivity index (χ1v) is 10.8. The summed E-state index contributed by atoms with van der Waals surface area (Å²) in [5.74, 6) is 0.580. The number of fused-ring (bicyclic) bond motifs is 1. The number of ether oxygens (including phenoxy) is 1. The van der Waals surface area contributed by atoms with E-state index in [0.717, 1.165) is 16.8 Å². The molecule has 0 aliphatic heterocycles. The molecule has 0 spiro atoms. The van der Waals surface area contributed by atoms with E-state index >= 15 is 0 Å². The fourth-order valence-corrected chi connectivity index (χ4v) is 3.68. The van der Waals surface area contributed by atoms with Crippen molar-refractivity contribution in [3.8, 4) is 11.3 Å². The zero-order valence-corrected chi connectivity index (χ0v) is 18.6. The Morgan fingerprint density at radius 3 is 2.62 bits per heavy atom. The minimum Gasteiger partial charge on any atom is -0.444 e. The van der Waals surface area contributed by atoms with E-state index in [1.807, 2.05) is 60.7 Å². The van der Waals surface area contributed by atoms with Gasteiger partial charge in [-0.2, -0.15) is 5.10 Å². The second-order valence-corrected chi connectivity index (χ2v) is 7.86. The summed E-state index contributed by atoms with van der Waals surface area (Å²) in [6.07, 6.45) is 0.905. The van der Waals surface area contributed by atoms with Gasteiger partial charge in [0.25, 0.3) is 0 Å². The van der Waals surface area contributed by atoms with Crippen LogP contribution in [-0.2, 0) is 11.3 Å². The van der Waals surface area contributed by atoms with E-state index in [2.05, 4.69) is 30.8 Å². The predicted octanol–water partition coefficient (Wildman–Crippen LogP) is 6.17. The van der Waals surface area contributed by atoms with E-state index in [1.165, 1.54) is 6.33 Å². The van der Waals surface area contributed by atoms with Crippen LogP contribution < -0.4 is 10.6 Å². The summed E-state index contributed by atoms with van der Waals surface area (Å²) in [6, 6.07) is 24.2. The van der Waals surface area contributed by atoms with Gasteiger partial charge in [-0.05, 0) is 35.9 Å². The number of hydrogen-bond acceptors (Lipinski definition) is 6. The highest BCUT2D eigenvalue weighted by Gasteiger charge is 2.15. The highest BCUT2D eigenvalue weighted by molar-refractivity contribution is 6.30. The quantitative estimate of drug-likeness (QED) is 0.274. The summed E-state index contributed by atoms with van der Waals surface area (Å²) in [5, 5.41) is 14.7. The fourth-order valence-electron chi connectivity index (χ4n) is 3.49. The smallest absolute Gasteiger partial charge is 0.411 e. The number of nitrogens with one attached hydrogen (secondary N) is 3. The molecule has 168 valence electrons. The van der Waals surface area contributed by atoms with Crippen molar-refractivity contribution in [2.45, 2.75) is 6.61 Å². The monoisotopic (exact) mass is 470 g/mol. The van der Waals surface area contributed by atoms with Gasteiger partial charge in [0.15, 0.2) is 5.65 Å². The molecular formula is C25H19ClN6O2. The van der Waals surface area contributed by atoms with Crippen LogP contribution in [0.3, 0.4) is 0 Å². The van der Waals surface area contributed by atoms with Gasteiger partial charge in [0, 0.05) is 22.0 Å². The van der Waals surface area contributed by atoms with Crippen LogP contribution in [0.4, 0.5) is 22.0 Å². The van der Waals surface area contributed by atoms with E-state index in [-0.39, 0.29) is 6.61 Å². The van der Waals surface area contributed by atoms with Gasteiger partial charge in [-0.15, -0.1) is 0 Å². The molecule has 1 amide bonds. The van der Waals surface area contributed by atoms with Gasteiger partial charge in [0.05, 0.1) is 11.1 Å². The number of carbonyl (C=O) groups excluding carboxylic acids is 1. The van der Waals surface area contributed by atoms with Crippen molar-refractivity contribution < 1.29 is 9.53 Å². The van der Waals surface area contributed by atoms with E-state index in [1.54, 1.807) is 18.2 Å². The molecular weight excluding hydrogens is 452 g/mol. The Labute approximate surface area is 200 Å². The lowest BCUT2D eigenvalue weighted by molar-refractivity contribution is 0.155. The molecule has 0 fully saturated rings. The van der Waals surface area contributed by atoms with Gasteiger partial charge >= 0.3 is 6.09 Å². The molecule has 3 aromatic carbocycles. The molecule has 0 saturated heterocycles. The highest BCUT2D eigenvalue weighted by atomic mass is 35.5. The topological polar surface area (TPSA) is 105 Å². The summed E-state index contributed by atoms with van der Waals surface area (Å²) in [7, 11) is 0. The third-order valence-corrected chi connectivity index (χ3v) is 5.28. The molecule has 5 aromatic rings. The third-order valence-electron chi connectivity index (χ3n) is 5.05. The summed E-state index contributed by atoms with van der Waals surface area (Å²) < 4.78 is 5.32. The first-order chi connectivity index (χ1) is 16.7. The minimum atomic E-state index is -0.540. The Morgan fingerprint density at radius 2 is 1.76 bits per heavy atom. The Kier molecular flexibility index (Phi) is 6.05. The Hall–Kier alpha value is -4.43. The van der Waals surface area contributed by atoms with Gasteiger partial charge in [-0.1, -0.05) is 60.1 Å². The maximum Gasteiger partial charge on any atom is 0.411 e. The number of hydrogen-bond donors (Lipinski definition) is 3. The predicted molar refractivity (Wildman–Crippen MR) is 132 cm³/mol. The lowest BCUT2D eigenvalue weighted by Gasteiger charge is -2.10. The molecule has 0 bridgehead atoms. The van der Waals surface area contributed by atoms with Crippen LogP contribution >= 0.6 is 11.6 Å². The van der Waals surface area contributed by atoms with Crippen molar-refractivity contribution >= 4 is 45.9 Å². The average Bonchev–Trinajstić information content (AvgIpc) is 3.29. The van der Waals surface area contributed by atoms with Crippen LogP contribution in [0.1, 0.15) is 5.56 Å². The molecule has 9 heteroatoms. The van der Waals surface area contributed by atoms with Gasteiger partial charge in [0.1, 0.15) is 18.8 Å². The molecule has 34 heavy (non-hydrogen) atoms. The lowest BCUT2D eigenvalue weighted by Crippen LogP contribution is -2.13. The summed E-state index contributed by atoms with van der Waals surface area (Å²) in [4.78, 5) is 20.9. The summed E-state index contributed by atoms with van der Waals surface area (Å²) in [5.41, 5.74) is 4.30. The number of aromatic nitrogens is 4. The van der Waals surface area contributed by atoms with Crippen molar-refractivity contribution in [2.24, 2.45) is 0 Å². The van der Waals surface area contributed by atoms with Crippen LogP contribution in [0, 0.1) is 0 Å². The second kappa shape index (κ2) is 9.60. The Balaban J connectivity index is 1.39. The number of rotatable bonds is 6. The normalized spacial score (nSPS) is 10.7. The molecule has 3 N–H and O–H groups in total. The number of amides is 1. The molecule has 0 aliphatic carbocycles. The molecule has 0 unspecified atom stereocenters. The molecule has 8 nitrogen and oxygen atoms in total. The number of H-pyrrole nitrogens is 1. The van der Waals surface area contributed by atoms with E-state index in [0.29, 0.717) is 33.3 Å². The Bertz CT molecular complexity index is 1450. The highest BCUT2D eigenvalue weighted by Crippen LogP contribution is 2.32. The van der Waals surface area contributed by atoms with Crippen LogP contribution in [0.15, 0.2) is 85.2 Å². The van der Waals surface area contributed by atoms with Crippen molar-refractivity contribution in [1.29, 1.82) is 0 Å². The van der Waals surface area contributed by atoms with Crippen LogP contribution in [0.2, 0.25) is 5.02 Å². The van der Waals surface area contributed by atoms with Crippen molar-refractivity contribution in [3.63, 3.8) is 0 Å². The number of halogens is 1. The lowest BCUT2D eigenvalue weighted by atomic mass is 10.1. The molecule has 0 radical (unpaired) electrons. The Morgan fingerprint density at radius 1 is 0.941 bits per heavy atom. The molecule has 0 aliphatic rings. The maximum atomic E-state index is 12.3. The van der Waals surface area contributed by atoms with E-state index in [4.69, 9.17) is 16.3 Å². The summed E-state index contributed by atoms with van der Waals surface area (Å²) in [6.45, 7) is 0.188. The van der Waals surface area contributed by atoms with Crippen LogP contribution in [-0.4, -0.2) is 26.3 Å². The number of benzene rings is 3. The first kappa shape index (κ1) is 21.4. The molecule has 0 atom stereocenters. The fraction of sp³-hybridized carbons (Fsp3) is 0.0400. The largest absolute Gasteiger partial charge is 0.444 e. The van der Waals surface area contributed by atoms with Gasteiger partial charge in [-0.3, -0.25) is 10.4 Å². The standard InChI is InChI=1S/C25H19ClN6O2/c26-18-9-5-11-20(13-18)29-23-21-22(31-32-24(21)28-15-27-23)17-8-4-10-19(12-17)30-25(33)34-14-16-6-2-1-3-7-16/h1-13,15H,14H2,(H,30,33)(H2,27,28,29,31,32). The maximum absolute atomic E-state index is 12.3. The molecule has 2 aromatic heterocycles. The van der Waals surface area contributed by atoms with Crippen LogP contribution in [0.25, 0.3) is 22.3 Å². The van der Waals surface area contributed by atoms with Gasteiger partial charge in [0.2, 0.25) is 0 Å². The van der Waals surface area contributed by atoms with Crippen molar-refractivity contribution in [3.05, 3.63) is 95.8 Å². The molecule has 0 saturated carbocycles. The molecule has 2 heterocycles. The number of nitrogens with zero attached hydrogens (tertiary/aromatic N) is 3. The van der Waals surface area contributed by atoms with Crippen molar-refractivity contribution in [1.82, 2.24) is 20.2 Å². The number of anilines is 3. The minimum absolute atomic E-state index is 0.188. The van der Waals surface area contributed by atoms with Crippen LogP contribution in [0.5, 0.6) is 0 Å². The van der Waals surface area contributed by atoms with Gasteiger partial charge < -0.3 is 10.1 Å². The number of carbonyl (C=O) groups is 1.